The lowest BCUT2D eigenvalue weighted by Crippen LogP contribution is -2.84. The molecule has 0 aliphatic carbocycles. The smallest absolute Gasteiger partial charge is 0.267 e. The van der Waals surface area contributed by atoms with Gasteiger partial charge in [0.1, 0.15) is 5.78 Å². The molecule has 1 spiro atoms. The molecule has 0 N–H and O–H groups in total. The number of aryl methyl sites for hydroxylation is 1. The summed E-state index contributed by atoms with van der Waals surface area (Å²) in [7, 11) is 0. The molecule has 0 saturated carbocycles. The molecule has 144 valence electrons. The van der Waals surface area contributed by atoms with Crippen molar-refractivity contribution in [1.29, 1.82) is 0 Å². The van der Waals surface area contributed by atoms with Crippen LogP contribution in [0.1, 0.15) is 44.7 Å². The van der Waals surface area contributed by atoms with Crippen molar-refractivity contribution in [1.82, 2.24) is 9.80 Å². The van der Waals surface area contributed by atoms with E-state index in [2.05, 4.69) is 48.8 Å². The largest absolute Gasteiger partial charge is 0.309 e. The fraction of sp³-hybridized carbons (Fsp3) is 0.636. The minimum absolute atomic E-state index is 0.175. The lowest BCUT2D eigenvalue weighted by atomic mass is 9.57. The van der Waals surface area contributed by atoms with E-state index < -0.39 is 5.66 Å². The first-order valence-corrected chi connectivity index (χ1v) is 10.4. The van der Waals surface area contributed by atoms with Gasteiger partial charge in [0.2, 0.25) is 0 Å². The van der Waals surface area contributed by atoms with Crippen molar-refractivity contribution in [2.24, 2.45) is 10.8 Å². The average Bonchev–Trinajstić information content (AvgIpc) is 2.90. The number of piperidine rings is 2. The van der Waals surface area contributed by atoms with Crippen LogP contribution in [-0.4, -0.2) is 54.2 Å². The number of carbonyl (C=O) groups is 2. The summed E-state index contributed by atoms with van der Waals surface area (Å²) in [5.41, 5.74) is 2.00. The molecule has 5 aliphatic heterocycles. The monoisotopic (exact) mass is 367 g/mol. The van der Waals surface area contributed by atoms with Crippen LogP contribution in [0.25, 0.3) is 0 Å². The van der Waals surface area contributed by atoms with Crippen molar-refractivity contribution < 1.29 is 9.59 Å². The van der Waals surface area contributed by atoms with Crippen molar-refractivity contribution in [3.8, 4) is 0 Å². The van der Waals surface area contributed by atoms with Crippen LogP contribution in [0, 0.1) is 17.8 Å². The third-order valence-corrected chi connectivity index (χ3v) is 7.88. The van der Waals surface area contributed by atoms with E-state index in [0.717, 1.165) is 24.1 Å². The highest BCUT2D eigenvalue weighted by atomic mass is 16.2. The Morgan fingerprint density at radius 3 is 1.96 bits per heavy atom. The highest BCUT2D eigenvalue weighted by Crippen LogP contribution is 2.60. The molecule has 1 aromatic rings. The molecule has 6 rings (SSSR count). The van der Waals surface area contributed by atoms with E-state index in [9.17, 15) is 9.59 Å². The second-order valence-corrected chi connectivity index (χ2v) is 9.05. The molecule has 0 radical (unpaired) electrons. The van der Waals surface area contributed by atoms with E-state index in [1.807, 2.05) is 11.8 Å². The topological polar surface area (TPSA) is 43.9 Å². The van der Waals surface area contributed by atoms with Gasteiger partial charge in [-0.05, 0) is 32.8 Å². The standard InChI is InChI=1S/C22H29N3O2/c1-5-20-11-23-13-21(6-2,18(20)26)14-24(12-20)22(23)16-10-15(4)8-9-17(16)25(7-3)19(22)27/h8-10H,5-7,11-14H2,1-4H3. The summed E-state index contributed by atoms with van der Waals surface area (Å²) in [6.45, 7) is 11.9. The van der Waals surface area contributed by atoms with E-state index in [1.54, 1.807) is 0 Å². The molecule has 4 bridgehead atoms. The minimum atomic E-state index is -0.713. The third kappa shape index (κ3) is 1.74. The molecule has 5 aliphatic rings. The molecule has 5 nitrogen and oxygen atoms in total. The van der Waals surface area contributed by atoms with Gasteiger partial charge < -0.3 is 4.90 Å². The van der Waals surface area contributed by atoms with Gasteiger partial charge in [0.05, 0.1) is 16.5 Å². The van der Waals surface area contributed by atoms with Crippen molar-refractivity contribution in [3.63, 3.8) is 0 Å². The number of fused-ring (bicyclic) bond motifs is 1. The van der Waals surface area contributed by atoms with Crippen molar-refractivity contribution in [2.45, 2.75) is 46.2 Å². The van der Waals surface area contributed by atoms with Gasteiger partial charge in [0.15, 0.2) is 5.66 Å². The number of ketones is 1. The number of hydrogen-bond donors (Lipinski definition) is 0. The first kappa shape index (κ1) is 17.4. The lowest BCUT2D eigenvalue weighted by Gasteiger charge is -2.69. The van der Waals surface area contributed by atoms with Gasteiger partial charge in [-0.2, -0.15) is 0 Å². The zero-order valence-corrected chi connectivity index (χ0v) is 16.8. The van der Waals surface area contributed by atoms with E-state index in [4.69, 9.17) is 0 Å². The van der Waals surface area contributed by atoms with Crippen LogP contribution >= 0.6 is 0 Å². The van der Waals surface area contributed by atoms with Crippen LogP contribution < -0.4 is 4.90 Å². The predicted molar refractivity (Wildman–Crippen MR) is 104 cm³/mol. The summed E-state index contributed by atoms with van der Waals surface area (Å²) in [4.78, 5) is 33.9. The molecule has 4 saturated heterocycles. The molecule has 27 heavy (non-hydrogen) atoms. The van der Waals surface area contributed by atoms with Crippen molar-refractivity contribution >= 4 is 17.4 Å². The molecule has 5 heterocycles. The number of Topliss-reactive ketones (excluding diaryl/α,β-unsaturated/α-hetero) is 1. The third-order valence-electron chi connectivity index (χ3n) is 7.88. The first-order valence-electron chi connectivity index (χ1n) is 10.4. The molecule has 5 heteroatoms. The highest BCUT2D eigenvalue weighted by molar-refractivity contribution is 6.08. The fourth-order valence-corrected chi connectivity index (χ4v) is 6.45. The Labute approximate surface area is 161 Å². The van der Waals surface area contributed by atoms with Crippen LogP contribution in [0.5, 0.6) is 0 Å². The van der Waals surface area contributed by atoms with E-state index in [-0.39, 0.29) is 16.7 Å². The van der Waals surface area contributed by atoms with E-state index >= 15 is 0 Å². The summed E-state index contributed by atoms with van der Waals surface area (Å²) in [6, 6.07) is 6.40. The van der Waals surface area contributed by atoms with Crippen molar-refractivity contribution in [3.05, 3.63) is 29.3 Å². The van der Waals surface area contributed by atoms with E-state index in [1.165, 1.54) is 5.56 Å². The van der Waals surface area contributed by atoms with Crippen LogP contribution in [0.4, 0.5) is 5.69 Å². The van der Waals surface area contributed by atoms with Gasteiger partial charge in [-0.3, -0.25) is 19.4 Å². The maximum atomic E-state index is 13.8. The van der Waals surface area contributed by atoms with Crippen LogP contribution in [0.3, 0.4) is 0 Å². The molecule has 1 amide bonds. The summed E-state index contributed by atoms with van der Waals surface area (Å²) in [5, 5.41) is 0. The Morgan fingerprint density at radius 1 is 0.926 bits per heavy atom. The molecule has 0 atom stereocenters. The molecule has 0 aromatic heterocycles. The van der Waals surface area contributed by atoms with Gasteiger partial charge in [-0.15, -0.1) is 0 Å². The zero-order valence-electron chi connectivity index (χ0n) is 16.8. The Kier molecular flexibility index (Phi) is 3.35. The normalized spacial score (nSPS) is 41.7. The SMILES string of the molecule is CCN1C(=O)C2(c3cc(C)ccc31)N1CC3(CC)CN2CC(CC)(C1)C3=O. The fourth-order valence-electron chi connectivity index (χ4n) is 6.45. The lowest BCUT2D eigenvalue weighted by molar-refractivity contribution is -0.234. The first-order chi connectivity index (χ1) is 12.9. The summed E-state index contributed by atoms with van der Waals surface area (Å²) in [6.07, 6.45) is 1.70. The molecular weight excluding hydrogens is 338 g/mol. The number of nitrogens with zero attached hydrogens (tertiary/aromatic N) is 3. The van der Waals surface area contributed by atoms with Gasteiger partial charge in [-0.25, -0.2) is 0 Å². The number of benzene rings is 1. The number of rotatable bonds is 3. The Hall–Kier alpha value is -1.72. The zero-order chi connectivity index (χ0) is 19.2. The summed E-state index contributed by atoms with van der Waals surface area (Å²) >= 11 is 0. The van der Waals surface area contributed by atoms with Crippen LogP contribution in [0.2, 0.25) is 0 Å². The Balaban J connectivity index is 1.74. The number of amides is 1. The van der Waals surface area contributed by atoms with Gasteiger partial charge in [0, 0.05) is 38.3 Å². The maximum Gasteiger partial charge on any atom is 0.267 e. The van der Waals surface area contributed by atoms with Crippen LogP contribution in [0.15, 0.2) is 18.2 Å². The van der Waals surface area contributed by atoms with Crippen molar-refractivity contribution in [2.75, 3.05) is 37.6 Å². The minimum Gasteiger partial charge on any atom is -0.309 e. The number of hydrogen-bond acceptors (Lipinski definition) is 4. The number of likely N-dealkylation sites (N-methyl/N-ethyl adjacent to an activating group) is 1. The highest BCUT2D eigenvalue weighted by Gasteiger charge is 2.73. The molecule has 4 fully saturated rings. The molecular formula is C22H29N3O2. The summed E-state index contributed by atoms with van der Waals surface area (Å²) in [5.74, 6) is 0.624. The summed E-state index contributed by atoms with van der Waals surface area (Å²) < 4.78 is 0. The van der Waals surface area contributed by atoms with E-state index in [0.29, 0.717) is 38.5 Å². The second-order valence-electron chi connectivity index (χ2n) is 9.05. The second kappa shape index (κ2) is 5.21. The number of anilines is 1. The Bertz CT molecular complexity index is 819. The van der Waals surface area contributed by atoms with Crippen LogP contribution in [-0.2, 0) is 15.3 Å². The molecule has 1 aromatic carbocycles. The van der Waals surface area contributed by atoms with Gasteiger partial charge >= 0.3 is 0 Å². The Morgan fingerprint density at radius 2 is 1.48 bits per heavy atom. The number of carbonyl (C=O) groups excluding carboxylic acids is 2. The molecule has 0 unspecified atom stereocenters. The predicted octanol–water partition coefficient (Wildman–Crippen LogP) is 2.52. The average molecular weight is 367 g/mol. The van der Waals surface area contributed by atoms with Gasteiger partial charge in [-0.1, -0.05) is 31.5 Å². The quantitative estimate of drug-likeness (QED) is 0.823. The van der Waals surface area contributed by atoms with Gasteiger partial charge in [0.25, 0.3) is 5.91 Å². The maximum absolute atomic E-state index is 13.8.